The Labute approximate surface area is 250 Å². The number of anilines is 1. The number of hydrogen-bond donors (Lipinski definition) is 1. The normalized spacial score (nSPS) is 12.0. The van der Waals surface area contributed by atoms with Crippen LogP contribution in [0.2, 0.25) is 0 Å². The van der Waals surface area contributed by atoms with Crippen LogP contribution in [-0.4, -0.2) is 51.4 Å². The smallest absolute Gasteiger partial charge is 0.264 e. The number of amides is 2. The molecule has 0 aliphatic carbocycles. The van der Waals surface area contributed by atoms with Crippen LogP contribution in [-0.2, 0) is 26.2 Å². The van der Waals surface area contributed by atoms with Gasteiger partial charge in [-0.05, 0) is 75.1 Å². The molecule has 226 valence electrons. The molecule has 9 heteroatoms. The number of methoxy groups -OCH3 is 1. The second kappa shape index (κ2) is 14.9. The molecule has 3 aromatic rings. The van der Waals surface area contributed by atoms with Gasteiger partial charge < -0.3 is 15.0 Å². The van der Waals surface area contributed by atoms with Gasteiger partial charge in [0.15, 0.2) is 0 Å². The molecule has 0 spiro atoms. The van der Waals surface area contributed by atoms with Gasteiger partial charge in [0.25, 0.3) is 10.0 Å². The van der Waals surface area contributed by atoms with Gasteiger partial charge in [-0.1, -0.05) is 67.8 Å². The summed E-state index contributed by atoms with van der Waals surface area (Å²) in [4.78, 5) is 29.2. The summed E-state index contributed by atoms with van der Waals surface area (Å²) in [6.07, 6.45) is 2.11. The van der Waals surface area contributed by atoms with Gasteiger partial charge in [-0.2, -0.15) is 0 Å². The van der Waals surface area contributed by atoms with Gasteiger partial charge in [0.1, 0.15) is 18.3 Å². The fraction of sp³-hybridized carbons (Fsp3) is 0.394. The summed E-state index contributed by atoms with van der Waals surface area (Å²) in [6.45, 7) is 9.68. The zero-order valence-corrected chi connectivity index (χ0v) is 26.3. The van der Waals surface area contributed by atoms with Crippen molar-refractivity contribution in [3.05, 3.63) is 89.0 Å². The Morgan fingerprint density at radius 1 is 0.929 bits per heavy atom. The number of carbonyl (C=O) groups excluding carboxylic acids is 2. The van der Waals surface area contributed by atoms with E-state index in [9.17, 15) is 18.0 Å². The van der Waals surface area contributed by atoms with Crippen molar-refractivity contribution < 1.29 is 22.7 Å². The molecule has 0 saturated heterocycles. The largest absolute Gasteiger partial charge is 0.497 e. The molecule has 1 atom stereocenters. The Hall–Kier alpha value is -3.85. The minimum absolute atomic E-state index is 0.0876. The molecule has 3 rings (SSSR count). The summed E-state index contributed by atoms with van der Waals surface area (Å²) in [5.41, 5.74) is 3.80. The number of nitrogens with zero attached hydrogens (tertiary/aromatic N) is 2. The third kappa shape index (κ3) is 8.12. The van der Waals surface area contributed by atoms with E-state index in [0.717, 1.165) is 39.4 Å². The lowest BCUT2D eigenvalue weighted by Gasteiger charge is -2.33. The van der Waals surface area contributed by atoms with Crippen molar-refractivity contribution in [3.63, 3.8) is 0 Å². The van der Waals surface area contributed by atoms with Gasteiger partial charge in [0.2, 0.25) is 11.8 Å². The van der Waals surface area contributed by atoms with E-state index in [4.69, 9.17) is 4.74 Å². The van der Waals surface area contributed by atoms with Gasteiger partial charge in [0.05, 0.1) is 17.7 Å². The minimum atomic E-state index is -4.12. The van der Waals surface area contributed by atoms with Gasteiger partial charge in [-0.3, -0.25) is 13.9 Å². The Morgan fingerprint density at radius 2 is 1.62 bits per heavy atom. The molecule has 8 nitrogen and oxygen atoms in total. The highest BCUT2D eigenvalue weighted by atomic mass is 32.2. The number of carbonyl (C=O) groups is 2. The van der Waals surface area contributed by atoms with Crippen LogP contribution >= 0.6 is 0 Å². The Balaban J connectivity index is 2.08. The molecule has 0 radical (unpaired) electrons. The number of ether oxygens (including phenoxy) is 1. The van der Waals surface area contributed by atoms with Crippen LogP contribution in [0.5, 0.6) is 5.75 Å². The van der Waals surface area contributed by atoms with Crippen LogP contribution in [0.4, 0.5) is 5.69 Å². The molecule has 3 aromatic carbocycles. The fourth-order valence-corrected chi connectivity index (χ4v) is 6.31. The van der Waals surface area contributed by atoms with E-state index >= 15 is 0 Å². The topological polar surface area (TPSA) is 96.0 Å². The van der Waals surface area contributed by atoms with E-state index in [2.05, 4.69) is 5.32 Å². The number of unbranched alkanes of at least 4 members (excludes halogenated alkanes) is 1. The number of sulfonamides is 1. The van der Waals surface area contributed by atoms with Gasteiger partial charge in [-0.25, -0.2) is 8.42 Å². The Bertz CT molecular complexity index is 1470. The summed E-state index contributed by atoms with van der Waals surface area (Å²) in [5, 5.41) is 2.95. The molecule has 0 aliphatic rings. The summed E-state index contributed by atoms with van der Waals surface area (Å²) in [6, 6.07) is 18.5. The minimum Gasteiger partial charge on any atom is -0.497 e. The zero-order valence-electron chi connectivity index (χ0n) is 25.5. The summed E-state index contributed by atoms with van der Waals surface area (Å²) in [5.74, 6) is -0.119. The van der Waals surface area contributed by atoms with Crippen LogP contribution in [0.25, 0.3) is 0 Å². The molecule has 1 N–H and O–H groups in total. The van der Waals surface area contributed by atoms with Gasteiger partial charge >= 0.3 is 0 Å². The highest BCUT2D eigenvalue weighted by Crippen LogP contribution is 2.29. The average molecular weight is 594 g/mol. The molecule has 2 amide bonds. The van der Waals surface area contributed by atoms with Crippen LogP contribution < -0.4 is 14.4 Å². The van der Waals surface area contributed by atoms with Crippen molar-refractivity contribution in [3.8, 4) is 5.75 Å². The molecule has 0 aliphatic heterocycles. The maximum atomic E-state index is 14.2. The third-order valence-corrected chi connectivity index (χ3v) is 8.99. The van der Waals surface area contributed by atoms with Crippen molar-refractivity contribution in [2.75, 3.05) is 24.5 Å². The van der Waals surface area contributed by atoms with Gasteiger partial charge in [0, 0.05) is 13.1 Å². The number of benzene rings is 3. The number of aryl methyl sites for hydroxylation is 3. The lowest BCUT2D eigenvalue weighted by molar-refractivity contribution is -0.140. The summed E-state index contributed by atoms with van der Waals surface area (Å²) < 4.78 is 34.7. The lowest BCUT2D eigenvalue weighted by atomic mass is 10.1. The number of nitrogens with one attached hydrogen (secondary N) is 1. The second-order valence-corrected chi connectivity index (χ2v) is 12.4. The highest BCUT2D eigenvalue weighted by molar-refractivity contribution is 7.92. The predicted octanol–water partition coefficient (Wildman–Crippen LogP) is 5.54. The quantitative estimate of drug-likeness (QED) is 0.248. The fourth-order valence-electron chi connectivity index (χ4n) is 4.83. The predicted molar refractivity (Wildman–Crippen MR) is 167 cm³/mol. The summed E-state index contributed by atoms with van der Waals surface area (Å²) in [7, 11) is -2.56. The van der Waals surface area contributed by atoms with E-state index in [0.29, 0.717) is 24.4 Å². The van der Waals surface area contributed by atoms with Crippen molar-refractivity contribution in [1.82, 2.24) is 10.2 Å². The second-order valence-electron chi connectivity index (χ2n) is 10.6. The SMILES string of the molecule is CCCCNC(=O)C(CC)N(Cc1cccc(OC)c1)C(=O)CN(c1ccc(C)cc1C)S(=O)(=O)c1ccc(C)cc1. The first kappa shape index (κ1) is 32.7. The first-order valence-electron chi connectivity index (χ1n) is 14.4. The Kier molecular flexibility index (Phi) is 11.6. The third-order valence-electron chi connectivity index (χ3n) is 7.21. The average Bonchev–Trinajstić information content (AvgIpc) is 2.96. The molecular weight excluding hydrogens is 550 g/mol. The molecule has 0 heterocycles. The first-order valence-corrected chi connectivity index (χ1v) is 15.8. The van der Waals surface area contributed by atoms with Crippen LogP contribution in [0.3, 0.4) is 0 Å². The maximum absolute atomic E-state index is 14.2. The molecular formula is C33H43N3O5S. The maximum Gasteiger partial charge on any atom is 0.264 e. The molecule has 0 aromatic heterocycles. The van der Waals surface area contributed by atoms with E-state index in [-0.39, 0.29) is 17.3 Å². The van der Waals surface area contributed by atoms with Crippen molar-refractivity contribution >= 4 is 27.5 Å². The van der Waals surface area contributed by atoms with E-state index < -0.39 is 28.5 Å². The van der Waals surface area contributed by atoms with E-state index in [1.165, 1.54) is 4.90 Å². The van der Waals surface area contributed by atoms with Crippen LogP contribution in [0.15, 0.2) is 71.6 Å². The lowest BCUT2D eigenvalue weighted by Crippen LogP contribution is -2.52. The summed E-state index contributed by atoms with van der Waals surface area (Å²) >= 11 is 0. The van der Waals surface area contributed by atoms with Gasteiger partial charge in [-0.15, -0.1) is 0 Å². The number of hydrogen-bond acceptors (Lipinski definition) is 5. The highest BCUT2D eigenvalue weighted by Gasteiger charge is 2.34. The molecule has 0 saturated carbocycles. The van der Waals surface area contributed by atoms with Crippen LogP contribution in [0.1, 0.15) is 55.4 Å². The van der Waals surface area contributed by atoms with Crippen molar-refractivity contribution in [1.29, 1.82) is 0 Å². The Morgan fingerprint density at radius 3 is 2.24 bits per heavy atom. The zero-order chi connectivity index (χ0) is 30.9. The number of rotatable bonds is 14. The monoisotopic (exact) mass is 593 g/mol. The molecule has 42 heavy (non-hydrogen) atoms. The molecule has 1 unspecified atom stereocenters. The van der Waals surface area contributed by atoms with E-state index in [1.54, 1.807) is 43.5 Å². The standard InChI is InChI=1S/C33H43N3O5S/c1-7-9-19-34-33(38)30(8-2)35(22-27-11-10-12-28(21-27)41-6)32(37)23-36(31-18-15-25(4)20-26(31)5)42(39,40)29-16-13-24(3)14-17-29/h10-18,20-21,30H,7-9,19,22-23H2,1-6H3,(H,34,38). The molecule has 0 bridgehead atoms. The van der Waals surface area contributed by atoms with Crippen molar-refractivity contribution in [2.24, 2.45) is 0 Å². The van der Waals surface area contributed by atoms with Crippen LogP contribution in [0, 0.1) is 20.8 Å². The van der Waals surface area contributed by atoms with E-state index in [1.807, 2.05) is 65.0 Å². The van der Waals surface area contributed by atoms with Crippen molar-refractivity contribution in [2.45, 2.75) is 71.4 Å². The first-order chi connectivity index (χ1) is 20.0. The molecule has 0 fully saturated rings.